The van der Waals surface area contributed by atoms with E-state index in [9.17, 15) is 43.2 Å². The van der Waals surface area contributed by atoms with Crippen LogP contribution in [0.25, 0.3) is 0 Å². The summed E-state index contributed by atoms with van der Waals surface area (Å²) in [5.74, 6) is 1.01. The van der Waals surface area contributed by atoms with Crippen LogP contribution in [0.15, 0.2) is 0 Å². The lowest BCUT2D eigenvalue weighted by Gasteiger charge is -2.21. The van der Waals surface area contributed by atoms with E-state index in [2.05, 4.69) is 55.4 Å². The molecule has 17 nitrogen and oxygen atoms in total. The lowest BCUT2D eigenvalue weighted by Crippen LogP contribution is -2.30. The van der Waals surface area contributed by atoms with E-state index >= 15 is 0 Å². The van der Waals surface area contributed by atoms with Crippen LogP contribution in [-0.2, 0) is 65.4 Å². The second-order valence-electron chi connectivity index (χ2n) is 31.5. The van der Waals surface area contributed by atoms with Gasteiger partial charge in [-0.15, -0.1) is 0 Å². The Bertz CT molecular complexity index is 1990. The Kier molecular flexibility index (Phi) is 70.6. The lowest BCUT2D eigenvalue weighted by atomic mass is 10.00. The standard InChI is InChI=1S/C83H162O17P2/c1-9-76(8)62-54-46-41-42-48-56-64-81(86)94-70-79(100-83(88)66-58-50-40-34-28-22-21-25-31-37-45-53-61-75(6)7)72-98-102(91,92)96-68-77(84)67-95-101(89,90)97-71-78(69-93-80(85)63-55-47-38-32-26-20-16-18-24-30-36-44-52-60-74(4)5)99-82(87)65-57-49-39-33-27-19-15-13-11-10-12-14-17-23-29-35-43-51-59-73(2)3/h73-79,84H,9-72H2,1-8H3,(H,89,90)(H,91,92)/t76?,77-,78-,79-/m1/s1. The maximum absolute atomic E-state index is 13.1. The first kappa shape index (κ1) is 100. The lowest BCUT2D eigenvalue weighted by molar-refractivity contribution is -0.161. The summed E-state index contributed by atoms with van der Waals surface area (Å²) in [4.78, 5) is 73.1. The molecule has 0 aromatic carbocycles. The van der Waals surface area contributed by atoms with Crippen molar-refractivity contribution >= 4 is 39.5 Å². The van der Waals surface area contributed by atoms with Gasteiger partial charge in [-0.05, 0) is 49.4 Å². The largest absolute Gasteiger partial charge is 0.472 e. The summed E-state index contributed by atoms with van der Waals surface area (Å²) in [7, 11) is -9.93. The van der Waals surface area contributed by atoms with Crippen molar-refractivity contribution in [3.05, 3.63) is 0 Å². The van der Waals surface area contributed by atoms with E-state index in [0.717, 1.165) is 120 Å². The number of aliphatic hydroxyl groups excluding tert-OH is 1. The minimum absolute atomic E-state index is 0.106. The van der Waals surface area contributed by atoms with Crippen LogP contribution in [0.4, 0.5) is 0 Å². The van der Waals surface area contributed by atoms with Crippen LogP contribution < -0.4 is 0 Å². The quantitative estimate of drug-likeness (QED) is 0.0222. The normalized spacial score (nSPS) is 14.3. The van der Waals surface area contributed by atoms with E-state index in [1.165, 1.54) is 225 Å². The number of unbranched alkanes of at least 4 members (excludes halogenated alkanes) is 45. The van der Waals surface area contributed by atoms with Crippen molar-refractivity contribution in [2.24, 2.45) is 23.7 Å². The Labute approximate surface area is 626 Å². The Morgan fingerprint density at radius 2 is 0.471 bits per heavy atom. The molecule has 0 amide bonds. The molecule has 0 fully saturated rings. The van der Waals surface area contributed by atoms with Gasteiger partial charge >= 0.3 is 39.5 Å². The number of aliphatic hydroxyl groups is 1. The molecular weight excluding hydrogens is 1330 g/mol. The second kappa shape index (κ2) is 72.0. The van der Waals surface area contributed by atoms with E-state index in [4.69, 9.17) is 37.0 Å². The molecule has 0 aliphatic carbocycles. The minimum atomic E-state index is -4.96. The van der Waals surface area contributed by atoms with Gasteiger partial charge in [0, 0.05) is 25.7 Å². The van der Waals surface area contributed by atoms with Crippen molar-refractivity contribution in [3.63, 3.8) is 0 Å². The summed E-state index contributed by atoms with van der Waals surface area (Å²) in [6.07, 6.45) is 59.7. The fraction of sp³-hybridized carbons (Fsp3) is 0.952. The monoisotopic (exact) mass is 1490 g/mol. The van der Waals surface area contributed by atoms with Crippen molar-refractivity contribution in [2.75, 3.05) is 39.6 Å². The topological polar surface area (TPSA) is 237 Å². The third-order valence-corrected chi connectivity index (χ3v) is 21.6. The number of ether oxygens (including phenoxy) is 4. The Morgan fingerprint density at radius 3 is 0.696 bits per heavy atom. The summed E-state index contributed by atoms with van der Waals surface area (Å²) in [6.45, 7) is 14.3. The van der Waals surface area contributed by atoms with Crippen molar-refractivity contribution in [3.8, 4) is 0 Å². The van der Waals surface area contributed by atoms with Crippen LogP contribution in [0, 0.1) is 23.7 Å². The maximum Gasteiger partial charge on any atom is 0.472 e. The van der Waals surface area contributed by atoms with Gasteiger partial charge in [0.15, 0.2) is 12.2 Å². The summed E-state index contributed by atoms with van der Waals surface area (Å²) in [5, 5.41) is 10.7. The molecule has 0 rings (SSSR count). The van der Waals surface area contributed by atoms with Crippen LogP contribution in [0.5, 0.6) is 0 Å². The molecule has 0 bridgehead atoms. The van der Waals surface area contributed by atoms with E-state index in [1.54, 1.807) is 0 Å². The number of carbonyl (C=O) groups is 4. The number of phosphoric ester groups is 2. The molecular formula is C83H162O17P2. The molecule has 0 aliphatic rings. The molecule has 102 heavy (non-hydrogen) atoms. The number of hydrogen-bond donors (Lipinski definition) is 3. The molecule has 0 heterocycles. The van der Waals surface area contributed by atoms with Gasteiger partial charge in [0.2, 0.25) is 0 Å². The van der Waals surface area contributed by atoms with Crippen LogP contribution in [-0.4, -0.2) is 96.7 Å². The highest BCUT2D eigenvalue weighted by atomic mass is 31.2. The van der Waals surface area contributed by atoms with Gasteiger partial charge in [-0.25, -0.2) is 9.13 Å². The van der Waals surface area contributed by atoms with Crippen LogP contribution in [0.2, 0.25) is 0 Å². The molecule has 3 N–H and O–H groups in total. The summed E-state index contributed by atoms with van der Waals surface area (Å²) in [6, 6.07) is 0. The number of carbonyl (C=O) groups excluding carboxylic acids is 4. The number of hydrogen-bond acceptors (Lipinski definition) is 15. The van der Waals surface area contributed by atoms with Gasteiger partial charge in [0.1, 0.15) is 19.3 Å². The van der Waals surface area contributed by atoms with E-state index < -0.39 is 97.5 Å². The molecule has 0 aromatic heterocycles. The van der Waals surface area contributed by atoms with E-state index in [1.807, 2.05) is 0 Å². The Morgan fingerprint density at radius 1 is 0.275 bits per heavy atom. The molecule has 3 unspecified atom stereocenters. The molecule has 0 aromatic rings. The van der Waals surface area contributed by atoms with Gasteiger partial charge < -0.3 is 33.8 Å². The summed E-state index contributed by atoms with van der Waals surface area (Å²) in [5.41, 5.74) is 0. The fourth-order valence-electron chi connectivity index (χ4n) is 12.8. The van der Waals surface area contributed by atoms with Crippen LogP contribution >= 0.6 is 15.6 Å². The summed E-state index contributed by atoms with van der Waals surface area (Å²) < 4.78 is 68.8. The van der Waals surface area contributed by atoms with Crippen molar-refractivity contribution in [1.82, 2.24) is 0 Å². The molecule has 0 aliphatic heterocycles. The average molecular weight is 1490 g/mol. The molecule has 19 heteroatoms. The highest BCUT2D eigenvalue weighted by Gasteiger charge is 2.30. The van der Waals surface area contributed by atoms with Crippen molar-refractivity contribution in [1.29, 1.82) is 0 Å². The zero-order chi connectivity index (χ0) is 75.3. The number of phosphoric acid groups is 2. The average Bonchev–Trinajstić information content (AvgIpc) is 0.911. The highest BCUT2D eigenvalue weighted by Crippen LogP contribution is 2.45. The van der Waals surface area contributed by atoms with Gasteiger partial charge in [0.05, 0.1) is 26.4 Å². The van der Waals surface area contributed by atoms with Gasteiger partial charge in [-0.1, -0.05) is 376 Å². The maximum atomic E-state index is 13.1. The molecule has 0 spiro atoms. The smallest absolute Gasteiger partial charge is 0.462 e. The van der Waals surface area contributed by atoms with Gasteiger partial charge in [0.25, 0.3) is 0 Å². The zero-order valence-corrected chi connectivity index (χ0v) is 69.0. The fourth-order valence-corrected chi connectivity index (χ4v) is 14.3. The zero-order valence-electron chi connectivity index (χ0n) is 67.2. The summed E-state index contributed by atoms with van der Waals surface area (Å²) >= 11 is 0. The first-order valence-corrected chi connectivity index (χ1v) is 45.7. The van der Waals surface area contributed by atoms with Crippen molar-refractivity contribution < 1.29 is 80.2 Å². The number of esters is 4. The van der Waals surface area contributed by atoms with Gasteiger partial charge in [-0.2, -0.15) is 0 Å². The molecule has 0 radical (unpaired) electrons. The van der Waals surface area contributed by atoms with E-state index in [0.29, 0.717) is 25.7 Å². The Balaban J connectivity index is 5.24. The highest BCUT2D eigenvalue weighted by molar-refractivity contribution is 7.47. The SMILES string of the molecule is CCC(C)CCCCCCCCC(=O)OC[C@H](COP(=O)(O)OC[C@H](O)COP(=O)(O)OC[C@@H](COC(=O)CCCCCCCCCCCCCCCC(C)C)OC(=O)CCCCCCCCCCCCCCCCCCCCC(C)C)OC(=O)CCCCCCCCCCCCCCC(C)C. The molecule has 0 saturated heterocycles. The minimum Gasteiger partial charge on any atom is -0.462 e. The second-order valence-corrected chi connectivity index (χ2v) is 34.4. The predicted molar refractivity (Wildman–Crippen MR) is 418 cm³/mol. The Hall–Kier alpha value is -1.94. The first-order valence-electron chi connectivity index (χ1n) is 42.7. The third kappa shape index (κ3) is 74.9. The predicted octanol–water partition coefficient (Wildman–Crippen LogP) is 24.8. The molecule has 0 saturated carbocycles. The van der Waals surface area contributed by atoms with Gasteiger partial charge in [-0.3, -0.25) is 37.3 Å². The van der Waals surface area contributed by atoms with Crippen LogP contribution in [0.3, 0.4) is 0 Å². The third-order valence-electron chi connectivity index (χ3n) is 19.7. The molecule has 606 valence electrons. The van der Waals surface area contributed by atoms with Crippen LogP contribution in [0.1, 0.15) is 428 Å². The van der Waals surface area contributed by atoms with Crippen molar-refractivity contribution in [2.45, 2.75) is 446 Å². The van der Waals surface area contributed by atoms with E-state index in [-0.39, 0.29) is 25.7 Å². The first-order chi connectivity index (χ1) is 49.1. The number of rotatable bonds is 80. The molecule has 6 atom stereocenters.